The van der Waals surface area contributed by atoms with Gasteiger partial charge in [-0.3, -0.25) is 4.79 Å². The van der Waals surface area contributed by atoms with E-state index >= 15 is 0 Å². The molecule has 2 heterocycles. The zero-order valence-corrected chi connectivity index (χ0v) is 12.9. The van der Waals surface area contributed by atoms with Crippen LogP contribution in [-0.2, 0) is 4.79 Å². The van der Waals surface area contributed by atoms with Crippen molar-refractivity contribution in [3.05, 3.63) is 29.6 Å². The van der Waals surface area contributed by atoms with E-state index in [0.717, 1.165) is 48.0 Å². The van der Waals surface area contributed by atoms with Crippen LogP contribution < -0.4 is 10.2 Å². The van der Waals surface area contributed by atoms with Crippen molar-refractivity contribution in [3.8, 4) is 11.3 Å². The molecule has 1 fully saturated rings. The van der Waals surface area contributed by atoms with Gasteiger partial charge in [0.25, 0.3) is 0 Å². The fourth-order valence-electron chi connectivity index (χ4n) is 2.45. The first kappa shape index (κ1) is 14.1. The molecule has 0 aliphatic carbocycles. The summed E-state index contributed by atoms with van der Waals surface area (Å²) in [5, 5.41) is 6.33. The Morgan fingerprint density at radius 1 is 1.33 bits per heavy atom. The van der Waals surface area contributed by atoms with Crippen molar-refractivity contribution in [2.45, 2.75) is 26.2 Å². The molecule has 1 aromatic carbocycles. The van der Waals surface area contributed by atoms with Gasteiger partial charge in [-0.15, -0.1) is 11.3 Å². The minimum atomic E-state index is 0.225. The molecule has 0 spiro atoms. The lowest BCUT2D eigenvalue weighted by Crippen LogP contribution is -2.23. The quantitative estimate of drug-likeness (QED) is 0.914. The monoisotopic (exact) mass is 301 g/mol. The molecule has 3 rings (SSSR count). The number of carbonyl (C=O) groups excluding carboxylic acids is 1. The molecule has 1 aliphatic heterocycles. The molecule has 4 nitrogen and oxygen atoms in total. The van der Waals surface area contributed by atoms with Gasteiger partial charge in [-0.2, -0.15) is 0 Å². The number of amides is 1. The highest BCUT2D eigenvalue weighted by Gasteiger charge is 2.21. The number of rotatable bonds is 5. The van der Waals surface area contributed by atoms with Gasteiger partial charge in [-0.25, -0.2) is 4.98 Å². The molecule has 1 saturated heterocycles. The summed E-state index contributed by atoms with van der Waals surface area (Å²) in [6.45, 7) is 3.92. The molecule has 0 unspecified atom stereocenters. The Morgan fingerprint density at radius 3 is 2.81 bits per heavy atom. The summed E-state index contributed by atoms with van der Waals surface area (Å²) in [7, 11) is 0. The van der Waals surface area contributed by atoms with Crippen LogP contribution in [0.15, 0.2) is 29.6 Å². The largest absolute Gasteiger partial charge is 0.362 e. The first-order valence-electron chi connectivity index (χ1n) is 7.38. The van der Waals surface area contributed by atoms with Crippen molar-refractivity contribution >= 4 is 28.1 Å². The summed E-state index contributed by atoms with van der Waals surface area (Å²) < 4.78 is 0. The highest BCUT2D eigenvalue weighted by molar-refractivity contribution is 7.14. The molecule has 0 bridgehead atoms. The summed E-state index contributed by atoms with van der Waals surface area (Å²) in [5.41, 5.74) is 3.06. The van der Waals surface area contributed by atoms with Crippen LogP contribution in [0.2, 0.25) is 0 Å². The Kier molecular flexibility index (Phi) is 4.20. The zero-order valence-electron chi connectivity index (χ0n) is 12.1. The Labute approximate surface area is 128 Å². The SMILES string of the molecule is CCCNc1nc(-c2ccc(N3CCCC3=O)cc2)cs1. The Morgan fingerprint density at radius 2 is 2.14 bits per heavy atom. The van der Waals surface area contributed by atoms with Crippen LogP contribution in [-0.4, -0.2) is 24.0 Å². The van der Waals surface area contributed by atoms with Gasteiger partial charge in [0.05, 0.1) is 5.69 Å². The molecular weight excluding hydrogens is 282 g/mol. The van der Waals surface area contributed by atoms with Crippen molar-refractivity contribution in [1.82, 2.24) is 4.98 Å². The fourth-order valence-corrected chi connectivity index (χ4v) is 3.20. The third kappa shape index (κ3) is 3.08. The molecule has 1 N–H and O–H groups in total. The lowest BCUT2D eigenvalue weighted by atomic mass is 10.1. The molecule has 1 aromatic heterocycles. The molecular formula is C16H19N3OS. The number of benzene rings is 1. The highest BCUT2D eigenvalue weighted by atomic mass is 32.1. The maximum absolute atomic E-state index is 11.7. The van der Waals surface area contributed by atoms with Crippen LogP contribution in [0, 0.1) is 0 Å². The van der Waals surface area contributed by atoms with Gasteiger partial charge in [0.1, 0.15) is 0 Å². The van der Waals surface area contributed by atoms with E-state index in [4.69, 9.17) is 0 Å². The van der Waals surface area contributed by atoms with Crippen molar-refractivity contribution in [3.63, 3.8) is 0 Å². The van der Waals surface area contributed by atoms with E-state index in [1.54, 1.807) is 11.3 Å². The van der Waals surface area contributed by atoms with Gasteiger partial charge >= 0.3 is 0 Å². The van der Waals surface area contributed by atoms with Gasteiger partial charge in [0, 0.05) is 36.1 Å². The van der Waals surface area contributed by atoms with E-state index in [9.17, 15) is 4.79 Å². The van der Waals surface area contributed by atoms with Crippen LogP contribution >= 0.6 is 11.3 Å². The highest BCUT2D eigenvalue weighted by Crippen LogP contribution is 2.28. The van der Waals surface area contributed by atoms with Gasteiger partial charge in [-0.05, 0) is 25.0 Å². The first-order chi connectivity index (χ1) is 10.3. The van der Waals surface area contributed by atoms with E-state index in [-0.39, 0.29) is 5.91 Å². The molecule has 0 saturated carbocycles. The van der Waals surface area contributed by atoms with Crippen LogP contribution in [0.4, 0.5) is 10.8 Å². The van der Waals surface area contributed by atoms with E-state index in [0.29, 0.717) is 6.42 Å². The van der Waals surface area contributed by atoms with E-state index in [1.807, 2.05) is 29.2 Å². The Bertz CT molecular complexity index is 621. The maximum Gasteiger partial charge on any atom is 0.227 e. The number of hydrogen-bond donors (Lipinski definition) is 1. The van der Waals surface area contributed by atoms with Crippen molar-refractivity contribution in [1.29, 1.82) is 0 Å². The molecule has 21 heavy (non-hydrogen) atoms. The van der Waals surface area contributed by atoms with Crippen molar-refractivity contribution < 1.29 is 4.79 Å². The summed E-state index contributed by atoms with van der Waals surface area (Å²) in [6, 6.07) is 8.10. The standard InChI is InChI=1S/C16H19N3OS/c1-2-9-17-16-18-14(11-21-16)12-5-7-13(8-6-12)19-10-3-4-15(19)20/h5-8,11H,2-4,9-10H2,1H3,(H,17,18). The van der Waals surface area contributed by atoms with Crippen LogP contribution in [0.25, 0.3) is 11.3 Å². The predicted molar refractivity (Wildman–Crippen MR) is 87.9 cm³/mol. The van der Waals surface area contributed by atoms with Crippen LogP contribution in [0.5, 0.6) is 0 Å². The summed E-state index contributed by atoms with van der Waals surface area (Å²) in [4.78, 5) is 18.2. The second-order valence-electron chi connectivity index (χ2n) is 5.16. The van der Waals surface area contributed by atoms with Crippen molar-refractivity contribution in [2.24, 2.45) is 0 Å². The van der Waals surface area contributed by atoms with Crippen molar-refractivity contribution in [2.75, 3.05) is 23.3 Å². The number of aromatic nitrogens is 1. The topological polar surface area (TPSA) is 45.2 Å². The number of thiazole rings is 1. The number of nitrogens with zero attached hydrogens (tertiary/aromatic N) is 2. The Hall–Kier alpha value is -1.88. The third-order valence-electron chi connectivity index (χ3n) is 3.58. The van der Waals surface area contributed by atoms with E-state index in [2.05, 4.69) is 22.6 Å². The van der Waals surface area contributed by atoms with Crippen LogP contribution in [0.1, 0.15) is 26.2 Å². The Balaban J connectivity index is 1.74. The lowest BCUT2D eigenvalue weighted by molar-refractivity contribution is -0.117. The molecule has 0 atom stereocenters. The smallest absolute Gasteiger partial charge is 0.227 e. The normalized spacial score (nSPS) is 14.7. The minimum Gasteiger partial charge on any atom is -0.362 e. The summed E-state index contributed by atoms with van der Waals surface area (Å²) >= 11 is 1.63. The zero-order chi connectivity index (χ0) is 14.7. The number of nitrogens with one attached hydrogen (secondary N) is 1. The molecule has 110 valence electrons. The number of hydrogen-bond acceptors (Lipinski definition) is 4. The minimum absolute atomic E-state index is 0.225. The lowest BCUT2D eigenvalue weighted by Gasteiger charge is -2.15. The molecule has 5 heteroatoms. The summed E-state index contributed by atoms with van der Waals surface area (Å²) in [5.74, 6) is 0.225. The molecule has 2 aromatic rings. The maximum atomic E-state index is 11.7. The van der Waals surface area contributed by atoms with Crippen LogP contribution in [0.3, 0.4) is 0 Å². The fraction of sp³-hybridized carbons (Fsp3) is 0.375. The first-order valence-corrected chi connectivity index (χ1v) is 8.26. The number of carbonyl (C=O) groups is 1. The molecule has 1 aliphatic rings. The molecule has 1 amide bonds. The van der Waals surface area contributed by atoms with E-state index in [1.165, 1.54) is 0 Å². The number of anilines is 2. The average molecular weight is 301 g/mol. The van der Waals surface area contributed by atoms with Gasteiger partial charge in [0.2, 0.25) is 5.91 Å². The van der Waals surface area contributed by atoms with Gasteiger partial charge in [0.15, 0.2) is 5.13 Å². The van der Waals surface area contributed by atoms with Gasteiger partial charge in [-0.1, -0.05) is 19.1 Å². The van der Waals surface area contributed by atoms with Gasteiger partial charge < -0.3 is 10.2 Å². The van der Waals surface area contributed by atoms with E-state index < -0.39 is 0 Å². The predicted octanol–water partition coefficient (Wildman–Crippen LogP) is 3.76. The summed E-state index contributed by atoms with van der Waals surface area (Å²) in [6.07, 6.45) is 2.72. The second-order valence-corrected chi connectivity index (χ2v) is 6.02. The average Bonchev–Trinajstić information content (AvgIpc) is 3.14. The third-order valence-corrected chi connectivity index (χ3v) is 4.38. The molecule has 0 radical (unpaired) electrons. The second kappa shape index (κ2) is 6.26.